The normalized spacial score (nSPS) is 9.75. The molecular weight excluding hydrogens is 150 g/mol. The van der Waals surface area contributed by atoms with Gasteiger partial charge in [0.2, 0.25) is 0 Å². The molecule has 0 aliphatic carbocycles. The summed E-state index contributed by atoms with van der Waals surface area (Å²) in [6.07, 6.45) is 1.33. The minimum Gasteiger partial charge on any atom is -0.330 e. The van der Waals surface area contributed by atoms with Crippen LogP contribution in [-0.2, 0) is 0 Å². The Kier molecular flexibility index (Phi) is 3.48. The molecule has 0 spiro atoms. The molecule has 0 bridgehead atoms. The second kappa shape index (κ2) is 4.67. The van der Waals surface area contributed by atoms with Crippen molar-refractivity contribution in [2.24, 2.45) is 5.73 Å². The number of carbonyl (C=O) groups excluding carboxylic acids is 1. The van der Waals surface area contributed by atoms with Crippen molar-refractivity contribution < 1.29 is 4.79 Å². The van der Waals surface area contributed by atoms with Gasteiger partial charge in [0.15, 0.2) is 5.78 Å². The van der Waals surface area contributed by atoms with Crippen molar-refractivity contribution >= 4 is 5.78 Å². The number of nitrogens with two attached hydrogens (primary N) is 1. The zero-order valence-corrected chi connectivity index (χ0v) is 6.99. The molecule has 2 N–H and O–H groups in total. The van der Waals surface area contributed by atoms with E-state index in [9.17, 15) is 4.79 Å². The average Bonchev–Trinajstić information content (AvgIpc) is 2.15. The van der Waals surface area contributed by atoms with E-state index >= 15 is 0 Å². The molecule has 2 nitrogen and oxygen atoms in total. The van der Waals surface area contributed by atoms with Crippen molar-refractivity contribution in [2.45, 2.75) is 12.8 Å². The predicted octanol–water partition coefficient (Wildman–Crippen LogP) is 1.61. The molecule has 0 aliphatic rings. The van der Waals surface area contributed by atoms with Crippen LogP contribution in [-0.4, -0.2) is 12.3 Å². The maximum atomic E-state index is 11.3. The molecule has 0 aromatic heterocycles. The van der Waals surface area contributed by atoms with E-state index in [2.05, 4.69) is 0 Å². The Morgan fingerprint density at radius 2 is 1.92 bits per heavy atom. The van der Waals surface area contributed by atoms with Gasteiger partial charge in [-0.2, -0.15) is 0 Å². The van der Waals surface area contributed by atoms with E-state index in [1.807, 2.05) is 30.3 Å². The molecule has 0 saturated carbocycles. The Morgan fingerprint density at radius 1 is 1.25 bits per heavy atom. The fourth-order valence-electron chi connectivity index (χ4n) is 1.03. The molecule has 0 heterocycles. The van der Waals surface area contributed by atoms with Crippen LogP contribution in [0.2, 0.25) is 0 Å². The zero-order chi connectivity index (χ0) is 8.81. The van der Waals surface area contributed by atoms with Crippen molar-refractivity contribution in [3.05, 3.63) is 35.9 Å². The van der Waals surface area contributed by atoms with Gasteiger partial charge in [-0.3, -0.25) is 4.79 Å². The predicted molar refractivity (Wildman–Crippen MR) is 49.1 cm³/mol. The van der Waals surface area contributed by atoms with E-state index in [-0.39, 0.29) is 5.78 Å². The third-order valence-corrected chi connectivity index (χ3v) is 1.70. The fraction of sp³-hybridized carbons (Fsp3) is 0.300. The molecule has 0 amide bonds. The van der Waals surface area contributed by atoms with Crippen LogP contribution in [0.3, 0.4) is 0 Å². The molecule has 0 unspecified atom stereocenters. The second-order valence-corrected chi connectivity index (χ2v) is 2.68. The number of Topliss-reactive ketones (excluding diaryl/α,β-unsaturated/α-hetero) is 1. The Balaban J connectivity index is 2.54. The molecule has 0 atom stereocenters. The first-order chi connectivity index (χ1) is 5.84. The van der Waals surface area contributed by atoms with Crippen molar-refractivity contribution in [3.8, 4) is 0 Å². The lowest BCUT2D eigenvalue weighted by Gasteiger charge is -1.97. The summed E-state index contributed by atoms with van der Waals surface area (Å²) in [4.78, 5) is 11.3. The summed E-state index contributed by atoms with van der Waals surface area (Å²) in [5.74, 6) is 0.182. The highest BCUT2D eigenvalue weighted by Crippen LogP contribution is 2.03. The van der Waals surface area contributed by atoms with E-state index in [4.69, 9.17) is 5.73 Å². The fourth-order valence-corrected chi connectivity index (χ4v) is 1.03. The van der Waals surface area contributed by atoms with Crippen LogP contribution < -0.4 is 5.73 Å². The standard InChI is InChI=1S/C10H13NO/c11-8-4-7-10(12)9-5-2-1-3-6-9/h1-3,5-6H,4,7-8,11H2. The number of hydrogen-bond acceptors (Lipinski definition) is 2. The maximum Gasteiger partial charge on any atom is 0.162 e. The molecular formula is C10H13NO. The first-order valence-electron chi connectivity index (χ1n) is 4.13. The lowest BCUT2D eigenvalue weighted by Crippen LogP contribution is -2.04. The van der Waals surface area contributed by atoms with Crippen molar-refractivity contribution in [1.82, 2.24) is 0 Å². The number of benzene rings is 1. The highest BCUT2D eigenvalue weighted by atomic mass is 16.1. The third-order valence-electron chi connectivity index (χ3n) is 1.70. The van der Waals surface area contributed by atoms with Gasteiger partial charge in [0.1, 0.15) is 0 Å². The summed E-state index contributed by atoms with van der Waals surface area (Å²) in [5.41, 5.74) is 6.09. The first kappa shape index (κ1) is 8.94. The Labute approximate surface area is 72.4 Å². The van der Waals surface area contributed by atoms with Crippen LogP contribution in [0.1, 0.15) is 23.2 Å². The van der Waals surface area contributed by atoms with Gasteiger partial charge >= 0.3 is 0 Å². The van der Waals surface area contributed by atoms with Crippen LogP contribution in [0, 0.1) is 0 Å². The summed E-state index contributed by atoms with van der Waals surface area (Å²) in [7, 11) is 0. The van der Waals surface area contributed by atoms with Crippen LogP contribution in [0.4, 0.5) is 0 Å². The van der Waals surface area contributed by atoms with Crippen molar-refractivity contribution in [2.75, 3.05) is 6.54 Å². The molecule has 0 aliphatic heterocycles. The van der Waals surface area contributed by atoms with Gasteiger partial charge in [0, 0.05) is 12.0 Å². The highest BCUT2D eigenvalue weighted by molar-refractivity contribution is 5.95. The van der Waals surface area contributed by atoms with Gasteiger partial charge < -0.3 is 5.73 Å². The van der Waals surface area contributed by atoms with Crippen LogP contribution in [0.15, 0.2) is 30.3 Å². The average molecular weight is 163 g/mol. The second-order valence-electron chi connectivity index (χ2n) is 2.68. The maximum absolute atomic E-state index is 11.3. The van der Waals surface area contributed by atoms with E-state index in [1.165, 1.54) is 0 Å². The van der Waals surface area contributed by atoms with Gasteiger partial charge in [-0.25, -0.2) is 0 Å². The summed E-state index contributed by atoms with van der Waals surface area (Å²) < 4.78 is 0. The molecule has 1 aromatic carbocycles. The molecule has 1 aromatic rings. The summed E-state index contributed by atoms with van der Waals surface area (Å²) >= 11 is 0. The van der Waals surface area contributed by atoms with E-state index in [0.29, 0.717) is 13.0 Å². The Morgan fingerprint density at radius 3 is 2.50 bits per heavy atom. The lowest BCUT2D eigenvalue weighted by molar-refractivity contribution is 0.0981. The number of rotatable bonds is 4. The third kappa shape index (κ3) is 2.47. The number of ketones is 1. The van der Waals surface area contributed by atoms with E-state index in [0.717, 1.165) is 12.0 Å². The number of carbonyl (C=O) groups is 1. The van der Waals surface area contributed by atoms with Gasteiger partial charge in [0.05, 0.1) is 0 Å². The van der Waals surface area contributed by atoms with Crippen molar-refractivity contribution in [1.29, 1.82) is 0 Å². The first-order valence-corrected chi connectivity index (χ1v) is 4.13. The van der Waals surface area contributed by atoms with Crippen LogP contribution in [0.25, 0.3) is 0 Å². The topological polar surface area (TPSA) is 43.1 Å². The molecule has 0 saturated heterocycles. The molecule has 2 heteroatoms. The minimum absolute atomic E-state index is 0.182. The van der Waals surface area contributed by atoms with E-state index < -0.39 is 0 Å². The summed E-state index contributed by atoms with van der Waals surface area (Å²) in [5, 5.41) is 0. The lowest BCUT2D eigenvalue weighted by atomic mass is 10.1. The van der Waals surface area contributed by atoms with Gasteiger partial charge in [-0.05, 0) is 13.0 Å². The van der Waals surface area contributed by atoms with Gasteiger partial charge in [-0.15, -0.1) is 0 Å². The monoisotopic (exact) mass is 163 g/mol. The Bertz CT molecular complexity index is 243. The summed E-state index contributed by atoms with van der Waals surface area (Å²) in [6, 6.07) is 9.31. The quantitative estimate of drug-likeness (QED) is 0.685. The summed E-state index contributed by atoms with van der Waals surface area (Å²) in [6.45, 7) is 0.582. The van der Waals surface area contributed by atoms with Crippen LogP contribution in [0.5, 0.6) is 0 Å². The van der Waals surface area contributed by atoms with E-state index in [1.54, 1.807) is 0 Å². The van der Waals surface area contributed by atoms with Crippen molar-refractivity contribution in [3.63, 3.8) is 0 Å². The molecule has 64 valence electrons. The Hall–Kier alpha value is -1.15. The van der Waals surface area contributed by atoms with Gasteiger partial charge in [-0.1, -0.05) is 30.3 Å². The highest BCUT2D eigenvalue weighted by Gasteiger charge is 2.02. The largest absolute Gasteiger partial charge is 0.330 e. The molecule has 12 heavy (non-hydrogen) atoms. The molecule has 0 radical (unpaired) electrons. The van der Waals surface area contributed by atoms with Gasteiger partial charge in [0.25, 0.3) is 0 Å². The SMILES string of the molecule is NCCCC(=O)c1ccccc1. The molecule has 0 fully saturated rings. The smallest absolute Gasteiger partial charge is 0.162 e. The minimum atomic E-state index is 0.182. The number of hydrogen-bond donors (Lipinski definition) is 1. The zero-order valence-electron chi connectivity index (χ0n) is 6.99. The van der Waals surface area contributed by atoms with Crippen LogP contribution >= 0.6 is 0 Å². The molecule has 1 rings (SSSR count).